The number of nitrogens with one attached hydrogen (secondary N) is 1. The van der Waals surface area contributed by atoms with Crippen LogP contribution in [-0.2, 0) is 14.8 Å². The lowest BCUT2D eigenvalue weighted by Crippen LogP contribution is -2.43. The SMILES string of the molecule is CC1CC(C)CN(C(=O)CCNS(=O)(=O)c2ccc(OC(F)(F)F)cc2)C1. The van der Waals surface area contributed by atoms with Crippen LogP contribution in [0.3, 0.4) is 0 Å². The molecule has 1 aliphatic rings. The van der Waals surface area contributed by atoms with Crippen molar-refractivity contribution in [2.45, 2.75) is 37.9 Å². The van der Waals surface area contributed by atoms with Gasteiger partial charge in [-0.3, -0.25) is 4.79 Å². The number of benzene rings is 1. The van der Waals surface area contributed by atoms with Crippen molar-refractivity contribution in [1.82, 2.24) is 9.62 Å². The smallest absolute Gasteiger partial charge is 0.406 e. The second-order valence-corrected chi connectivity index (χ2v) is 8.68. The molecule has 2 rings (SSSR count). The molecule has 1 fully saturated rings. The molecule has 6 nitrogen and oxygen atoms in total. The first kappa shape index (κ1) is 21.5. The summed E-state index contributed by atoms with van der Waals surface area (Å²) in [5, 5.41) is 0. The molecule has 1 amide bonds. The van der Waals surface area contributed by atoms with E-state index in [4.69, 9.17) is 0 Å². The standard InChI is InChI=1S/C17H23F3N2O4S/c1-12-9-13(2)11-22(10-12)16(23)7-8-21-27(24,25)15-5-3-14(4-6-15)26-17(18,19)20/h3-6,12-13,21H,7-11H2,1-2H3. The maximum absolute atomic E-state index is 12.3. The lowest BCUT2D eigenvalue weighted by molar-refractivity contribution is -0.274. The van der Waals surface area contributed by atoms with Crippen molar-refractivity contribution >= 4 is 15.9 Å². The topological polar surface area (TPSA) is 75.7 Å². The average molecular weight is 408 g/mol. The van der Waals surface area contributed by atoms with Gasteiger partial charge in [0, 0.05) is 26.1 Å². The molecule has 0 saturated carbocycles. The summed E-state index contributed by atoms with van der Waals surface area (Å²) in [6, 6.07) is 3.87. The molecule has 1 aromatic rings. The van der Waals surface area contributed by atoms with Gasteiger partial charge in [0.15, 0.2) is 0 Å². The number of hydrogen-bond acceptors (Lipinski definition) is 4. The predicted octanol–water partition coefficient (Wildman–Crippen LogP) is 2.76. The quantitative estimate of drug-likeness (QED) is 0.785. The maximum atomic E-state index is 12.3. The van der Waals surface area contributed by atoms with Crippen LogP contribution in [0.15, 0.2) is 29.2 Å². The van der Waals surface area contributed by atoms with Gasteiger partial charge in [0.25, 0.3) is 0 Å². The average Bonchev–Trinajstić information content (AvgIpc) is 2.52. The summed E-state index contributed by atoms with van der Waals surface area (Å²) in [4.78, 5) is 13.8. The number of halogens is 3. The third kappa shape index (κ3) is 6.69. The lowest BCUT2D eigenvalue weighted by atomic mass is 9.92. The van der Waals surface area contributed by atoms with Gasteiger partial charge in [0.2, 0.25) is 15.9 Å². The van der Waals surface area contributed by atoms with Gasteiger partial charge in [0.1, 0.15) is 5.75 Å². The zero-order valence-corrected chi connectivity index (χ0v) is 15.9. The Bertz CT molecular complexity index is 740. The fourth-order valence-electron chi connectivity index (χ4n) is 3.22. The van der Waals surface area contributed by atoms with Gasteiger partial charge in [-0.2, -0.15) is 0 Å². The number of likely N-dealkylation sites (tertiary alicyclic amines) is 1. The molecule has 1 saturated heterocycles. The minimum Gasteiger partial charge on any atom is -0.406 e. The Morgan fingerprint density at radius 2 is 1.74 bits per heavy atom. The van der Waals surface area contributed by atoms with Crippen LogP contribution < -0.4 is 9.46 Å². The molecule has 0 bridgehead atoms. The number of sulfonamides is 1. The van der Waals surface area contributed by atoms with E-state index in [-0.39, 0.29) is 23.8 Å². The predicted molar refractivity (Wildman–Crippen MR) is 92.5 cm³/mol. The summed E-state index contributed by atoms with van der Waals surface area (Å²) < 4.78 is 66.8. The molecule has 152 valence electrons. The van der Waals surface area contributed by atoms with Gasteiger partial charge < -0.3 is 9.64 Å². The summed E-state index contributed by atoms with van der Waals surface area (Å²) in [7, 11) is -3.93. The number of hydrogen-bond donors (Lipinski definition) is 1. The van der Waals surface area contributed by atoms with E-state index in [9.17, 15) is 26.4 Å². The Kier molecular flexibility index (Phi) is 6.74. The molecule has 1 N–H and O–H groups in total. The van der Waals surface area contributed by atoms with Crippen molar-refractivity contribution < 1.29 is 31.1 Å². The fraction of sp³-hybridized carbons (Fsp3) is 0.588. The first-order valence-corrected chi connectivity index (χ1v) is 10.1. The second kappa shape index (κ2) is 8.47. The maximum Gasteiger partial charge on any atom is 0.573 e. The number of carbonyl (C=O) groups excluding carboxylic acids is 1. The van der Waals surface area contributed by atoms with Gasteiger partial charge in [-0.1, -0.05) is 13.8 Å². The Morgan fingerprint density at radius 3 is 2.26 bits per heavy atom. The van der Waals surface area contributed by atoms with Gasteiger partial charge in [-0.15, -0.1) is 13.2 Å². The summed E-state index contributed by atoms with van der Waals surface area (Å²) in [6.07, 6.45) is -3.76. The van der Waals surface area contributed by atoms with Crippen LogP contribution in [0.4, 0.5) is 13.2 Å². The first-order valence-electron chi connectivity index (χ1n) is 8.59. The van der Waals surface area contributed by atoms with E-state index >= 15 is 0 Å². The molecule has 27 heavy (non-hydrogen) atoms. The molecule has 0 aromatic heterocycles. The minimum atomic E-state index is -4.84. The third-order valence-electron chi connectivity index (χ3n) is 4.22. The molecule has 2 atom stereocenters. The van der Waals surface area contributed by atoms with E-state index in [0.717, 1.165) is 30.7 Å². The largest absolute Gasteiger partial charge is 0.573 e. The summed E-state index contributed by atoms with van der Waals surface area (Å²) in [6.45, 7) is 5.39. The molecule has 2 unspecified atom stereocenters. The monoisotopic (exact) mass is 408 g/mol. The number of amides is 1. The third-order valence-corrected chi connectivity index (χ3v) is 5.70. The Hall–Kier alpha value is -1.81. The van der Waals surface area contributed by atoms with E-state index in [1.807, 2.05) is 0 Å². The van der Waals surface area contributed by atoms with Crippen LogP contribution in [0.2, 0.25) is 0 Å². The number of ether oxygens (including phenoxy) is 1. The lowest BCUT2D eigenvalue weighted by Gasteiger charge is -2.35. The Balaban J connectivity index is 1.88. The Labute approximate surface area is 156 Å². The second-order valence-electron chi connectivity index (χ2n) is 6.91. The minimum absolute atomic E-state index is 0.0218. The Morgan fingerprint density at radius 1 is 1.19 bits per heavy atom. The molecule has 1 aliphatic heterocycles. The van der Waals surface area contributed by atoms with Crippen molar-refractivity contribution in [1.29, 1.82) is 0 Å². The van der Waals surface area contributed by atoms with Crippen molar-refractivity contribution in [3.05, 3.63) is 24.3 Å². The van der Waals surface area contributed by atoms with E-state index in [1.54, 1.807) is 4.90 Å². The summed E-state index contributed by atoms with van der Waals surface area (Å²) >= 11 is 0. The van der Waals surface area contributed by atoms with Crippen LogP contribution in [0.5, 0.6) is 5.75 Å². The highest BCUT2D eigenvalue weighted by Gasteiger charge is 2.31. The zero-order chi connectivity index (χ0) is 20.2. The molecule has 1 heterocycles. The van der Waals surface area contributed by atoms with E-state index in [2.05, 4.69) is 23.3 Å². The van der Waals surface area contributed by atoms with Crippen molar-refractivity contribution in [3.8, 4) is 5.75 Å². The van der Waals surface area contributed by atoms with E-state index in [1.165, 1.54) is 0 Å². The zero-order valence-electron chi connectivity index (χ0n) is 15.1. The normalized spacial score (nSPS) is 21.1. The first-order chi connectivity index (χ1) is 12.5. The van der Waals surface area contributed by atoms with Crippen molar-refractivity contribution in [2.75, 3.05) is 19.6 Å². The molecule has 0 spiro atoms. The summed E-state index contributed by atoms with van der Waals surface area (Å²) in [5.41, 5.74) is 0. The molecule has 0 radical (unpaired) electrons. The molecule has 10 heteroatoms. The molecule has 0 aliphatic carbocycles. The molecular weight excluding hydrogens is 385 g/mol. The van der Waals surface area contributed by atoms with Crippen molar-refractivity contribution in [3.63, 3.8) is 0 Å². The summed E-state index contributed by atoms with van der Waals surface area (Å²) in [5.74, 6) is 0.189. The number of nitrogens with zero attached hydrogens (tertiary/aromatic N) is 1. The van der Waals surface area contributed by atoms with Gasteiger partial charge in [-0.05, 0) is 42.5 Å². The van der Waals surface area contributed by atoms with Crippen LogP contribution in [0, 0.1) is 11.8 Å². The van der Waals surface area contributed by atoms with Crippen molar-refractivity contribution in [2.24, 2.45) is 11.8 Å². The van der Waals surface area contributed by atoms with E-state index in [0.29, 0.717) is 24.9 Å². The molecule has 1 aromatic carbocycles. The van der Waals surface area contributed by atoms with Gasteiger partial charge >= 0.3 is 6.36 Å². The van der Waals surface area contributed by atoms with Gasteiger partial charge in [0.05, 0.1) is 4.90 Å². The molecular formula is C17H23F3N2O4S. The highest BCUT2D eigenvalue weighted by molar-refractivity contribution is 7.89. The number of alkyl halides is 3. The number of piperidine rings is 1. The van der Waals surface area contributed by atoms with Crippen LogP contribution >= 0.6 is 0 Å². The van der Waals surface area contributed by atoms with Crippen LogP contribution in [-0.4, -0.2) is 45.2 Å². The number of carbonyl (C=O) groups is 1. The fourth-order valence-corrected chi connectivity index (χ4v) is 4.25. The van der Waals surface area contributed by atoms with E-state index < -0.39 is 22.1 Å². The van der Waals surface area contributed by atoms with Gasteiger partial charge in [-0.25, -0.2) is 13.1 Å². The highest BCUT2D eigenvalue weighted by atomic mass is 32.2. The van der Waals surface area contributed by atoms with Crippen LogP contribution in [0.1, 0.15) is 26.7 Å². The van der Waals surface area contributed by atoms with Crippen LogP contribution in [0.25, 0.3) is 0 Å². The number of rotatable bonds is 6. The highest BCUT2D eigenvalue weighted by Crippen LogP contribution is 2.24.